The first kappa shape index (κ1) is 13.4. The summed E-state index contributed by atoms with van der Waals surface area (Å²) in [5.74, 6) is 1.24. The van der Waals surface area contributed by atoms with E-state index in [0.717, 1.165) is 23.8 Å². The van der Waals surface area contributed by atoms with Crippen LogP contribution in [0.25, 0.3) is 0 Å². The summed E-state index contributed by atoms with van der Waals surface area (Å²) in [6.07, 6.45) is 0.853. The molecule has 0 aliphatic carbocycles. The number of nitrogens with zero attached hydrogens (tertiary/aromatic N) is 3. The van der Waals surface area contributed by atoms with E-state index >= 15 is 0 Å². The Bertz CT molecular complexity index is 393. The second-order valence-electron chi connectivity index (χ2n) is 3.71. The van der Waals surface area contributed by atoms with E-state index in [0.29, 0.717) is 6.54 Å². The van der Waals surface area contributed by atoms with Crippen LogP contribution in [-0.2, 0) is 16.0 Å². The smallest absolute Gasteiger partial charge is 0.325 e. The van der Waals surface area contributed by atoms with E-state index in [-0.39, 0.29) is 12.5 Å². The molecule has 94 valence electrons. The zero-order chi connectivity index (χ0) is 12.8. The molecule has 1 aromatic heterocycles. The molecule has 0 saturated heterocycles. The highest BCUT2D eigenvalue weighted by Crippen LogP contribution is 2.13. The van der Waals surface area contributed by atoms with Crippen LogP contribution in [0.4, 0.5) is 5.82 Å². The highest BCUT2D eigenvalue weighted by molar-refractivity contribution is 5.75. The molecular weight excluding hydrogens is 218 g/mol. The Balaban J connectivity index is 2.94. The van der Waals surface area contributed by atoms with Gasteiger partial charge < -0.3 is 9.64 Å². The third kappa shape index (κ3) is 3.69. The number of aryl methyl sites for hydroxylation is 2. The highest BCUT2D eigenvalue weighted by atomic mass is 16.5. The molecule has 0 fully saturated rings. The minimum atomic E-state index is -0.263. The standard InChI is InChI=1S/C12H19N3O2/c1-5-10-7-11(14-9(3)13-10)15(6-2)8-12(16)17-4/h7H,5-6,8H2,1-4H3. The molecule has 1 aromatic rings. The van der Waals surface area contributed by atoms with Crippen LogP contribution in [0, 0.1) is 6.92 Å². The molecule has 0 aliphatic heterocycles. The van der Waals surface area contributed by atoms with Gasteiger partial charge in [-0.15, -0.1) is 0 Å². The Hall–Kier alpha value is -1.65. The summed E-state index contributed by atoms with van der Waals surface area (Å²) in [6.45, 7) is 6.80. The van der Waals surface area contributed by atoms with Crippen LogP contribution in [0.5, 0.6) is 0 Å². The van der Waals surface area contributed by atoms with Crippen LogP contribution >= 0.6 is 0 Å². The van der Waals surface area contributed by atoms with Gasteiger partial charge in [0.25, 0.3) is 0 Å². The lowest BCUT2D eigenvalue weighted by atomic mass is 10.3. The van der Waals surface area contributed by atoms with Gasteiger partial charge in [0.05, 0.1) is 7.11 Å². The minimum Gasteiger partial charge on any atom is -0.468 e. The molecule has 1 heterocycles. The van der Waals surface area contributed by atoms with Crippen LogP contribution in [0.3, 0.4) is 0 Å². The maximum atomic E-state index is 11.3. The zero-order valence-electron chi connectivity index (χ0n) is 10.9. The van der Waals surface area contributed by atoms with E-state index < -0.39 is 0 Å². The van der Waals surface area contributed by atoms with Gasteiger partial charge in [-0.3, -0.25) is 4.79 Å². The number of aromatic nitrogens is 2. The van der Waals surface area contributed by atoms with Crippen LogP contribution in [-0.4, -0.2) is 36.1 Å². The van der Waals surface area contributed by atoms with Gasteiger partial charge in [-0.05, 0) is 20.3 Å². The fourth-order valence-electron chi connectivity index (χ4n) is 1.53. The van der Waals surface area contributed by atoms with Gasteiger partial charge in [-0.2, -0.15) is 0 Å². The molecule has 17 heavy (non-hydrogen) atoms. The number of likely N-dealkylation sites (N-methyl/N-ethyl adjacent to an activating group) is 1. The van der Waals surface area contributed by atoms with Crippen molar-refractivity contribution >= 4 is 11.8 Å². The van der Waals surface area contributed by atoms with Gasteiger partial charge in [-0.25, -0.2) is 9.97 Å². The van der Waals surface area contributed by atoms with Gasteiger partial charge in [0, 0.05) is 18.3 Å². The topological polar surface area (TPSA) is 55.3 Å². The molecule has 0 radical (unpaired) electrons. The van der Waals surface area contributed by atoms with Crippen molar-refractivity contribution in [2.75, 3.05) is 25.1 Å². The average Bonchev–Trinajstić information content (AvgIpc) is 2.34. The molecule has 5 nitrogen and oxygen atoms in total. The summed E-state index contributed by atoms with van der Waals surface area (Å²) in [7, 11) is 1.39. The number of carbonyl (C=O) groups is 1. The highest BCUT2D eigenvalue weighted by Gasteiger charge is 2.12. The monoisotopic (exact) mass is 237 g/mol. The Morgan fingerprint density at radius 2 is 2.12 bits per heavy atom. The average molecular weight is 237 g/mol. The quantitative estimate of drug-likeness (QED) is 0.723. The zero-order valence-corrected chi connectivity index (χ0v) is 10.9. The van der Waals surface area contributed by atoms with Crippen molar-refractivity contribution < 1.29 is 9.53 Å². The first-order valence-corrected chi connectivity index (χ1v) is 5.77. The summed E-state index contributed by atoms with van der Waals surface area (Å²) in [5, 5.41) is 0. The normalized spacial score (nSPS) is 10.1. The number of ether oxygens (including phenoxy) is 1. The van der Waals surface area contributed by atoms with Crippen LogP contribution in [0.1, 0.15) is 25.4 Å². The molecule has 5 heteroatoms. The van der Waals surface area contributed by atoms with Crippen molar-refractivity contribution in [3.63, 3.8) is 0 Å². The lowest BCUT2D eigenvalue weighted by Gasteiger charge is -2.21. The minimum absolute atomic E-state index is 0.215. The summed E-state index contributed by atoms with van der Waals surface area (Å²) >= 11 is 0. The SMILES string of the molecule is CCc1cc(N(CC)CC(=O)OC)nc(C)n1. The number of methoxy groups -OCH3 is 1. The third-order valence-electron chi connectivity index (χ3n) is 2.49. The van der Waals surface area contributed by atoms with E-state index in [1.807, 2.05) is 31.7 Å². The summed E-state index contributed by atoms with van der Waals surface area (Å²) in [5.41, 5.74) is 0.982. The molecular formula is C12H19N3O2. The number of rotatable bonds is 5. The number of hydrogen-bond acceptors (Lipinski definition) is 5. The first-order valence-electron chi connectivity index (χ1n) is 5.77. The van der Waals surface area contributed by atoms with Crippen LogP contribution in [0.15, 0.2) is 6.07 Å². The second kappa shape index (κ2) is 6.18. The summed E-state index contributed by atoms with van der Waals surface area (Å²) in [6, 6.07) is 1.92. The second-order valence-corrected chi connectivity index (χ2v) is 3.71. The van der Waals surface area contributed by atoms with Crippen molar-refractivity contribution in [1.29, 1.82) is 0 Å². The van der Waals surface area contributed by atoms with Crippen molar-refractivity contribution in [2.24, 2.45) is 0 Å². The van der Waals surface area contributed by atoms with E-state index in [1.54, 1.807) is 0 Å². The Kier molecular flexibility index (Phi) is 4.87. The molecule has 0 N–H and O–H groups in total. The van der Waals surface area contributed by atoms with Crippen LogP contribution < -0.4 is 4.90 Å². The third-order valence-corrected chi connectivity index (χ3v) is 2.49. The molecule has 0 aromatic carbocycles. The van der Waals surface area contributed by atoms with Crippen molar-refractivity contribution in [1.82, 2.24) is 9.97 Å². The molecule has 1 rings (SSSR count). The van der Waals surface area contributed by atoms with Crippen molar-refractivity contribution in [3.05, 3.63) is 17.6 Å². The lowest BCUT2D eigenvalue weighted by molar-refractivity contribution is -0.138. The largest absolute Gasteiger partial charge is 0.468 e. The predicted molar refractivity (Wildman–Crippen MR) is 66.1 cm³/mol. The Labute approximate surface area is 102 Å². The lowest BCUT2D eigenvalue weighted by Crippen LogP contribution is -2.31. The predicted octanol–water partition coefficient (Wildman–Crippen LogP) is 1.35. The molecule has 0 aliphatic rings. The van der Waals surface area contributed by atoms with Crippen molar-refractivity contribution in [2.45, 2.75) is 27.2 Å². The fourth-order valence-corrected chi connectivity index (χ4v) is 1.53. The summed E-state index contributed by atoms with van der Waals surface area (Å²) in [4.78, 5) is 21.8. The van der Waals surface area contributed by atoms with Gasteiger partial charge in [-0.1, -0.05) is 6.92 Å². The van der Waals surface area contributed by atoms with Gasteiger partial charge in [0.15, 0.2) is 0 Å². The molecule has 0 amide bonds. The van der Waals surface area contributed by atoms with E-state index in [2.05, 4.69) is 14.7 Å². The molecule has 0 unspecified atom stereocenters. The van der Waals surface area contributed by atoms with E-state index in [4.69, 9.17) is 0 Å². The summed E-state index contributed by atoms with van der Waals surface area (Å²) < 4.78 is 4.67. The fraction of sp³-hybridized carbons (Fsp3) is 0.583. The molecule has 0 bridgehead atoms. The number of hydrogen-bond donors (Lipinski definition) is 0. The van der Waals surface area contributed by atoms with E-state index in [9.17, 15) is 4.79 Å². The molecule has 0 saturated carbocycles. The van der Waals surface area contributed by atoms with Gasteiger partial charge in [0.1, 0.15) is 18.2 Å². The number of esters is 1. The first-order chi connectivity index (χ1) is 8.10. The molecule has 0 spiro atoms. The Morgan fingerprint density at radius 3 is 2.65 bits per heavy atom. The number of carbonyl (C=O) groups excluding carboxylic acids is 1. The maximum Gasteiger partial charge on any atom is 0.325 e. The van der Waals surface area contributed by atoms with E-state index in [1.165, 1.54) is 7.11 Å². The number of anilines is 1. The Morgan fingerprint density at radius 1 is 1.41 bits per heavy atom. The van der Waals surface area contributed by atoms with Crippen molar-refractivity contribution in [3.8, 4) is 0 Å². The van der Waals surface area contributed by atoms with Gasteiger partial charge in [0.2, 0.25) is 0 Å². The van der Waals surface area contributed by atoms with Crippen LogP contribution in [0.2, 0.25) is 0 Å². The van der Waals surface area contributed by atoms with Gasteiger partial charge >= 0.3 is 5.97 Å². The molecule has 0 atom stereocenters. The maximum absolute atomic E-state index is 11.3.